The first-order valence-corrected chi connectivity index (χ1v) is 11.7. The van der Waals surface area contributed by atoms with Gasteiger partial charge < -0.3 is 20.1 Å². The summed E-state index contributed by atoms with van der Waals surface area (Å²) in [6, 6.07) is 15.5. The lowest BCUT2D eigenvalue weighted by atomic mass is 9.93. The summed E-state index contributed by atoms with van der Waals surface area (Å²) in [5.41, 5.74) is 0.758. The zero-order valence-corrected chi connectivity index (χ0v) is 20.3. The van der Waals surface area contributed by atoms with Gasteiger partial charge in [0.05, 0.1) is 24.3 Å². The largest absolute Gasteiger partial charge is 0.497 e. The Labute approximate surface area is 216 Å². The molecule has 6 nitrogen and oxygen atoms in total. The third-order valence-electron chi connectivity index (χ3n) is 5.98. The predicted molar refractivity (Wildman–Crippen MR) is 130 cm³/mol. The fourth-order valence-electron chi connectivity index (χ4n) is 4.15. The van der Waals surface area contributed by atoms with E-state index in [9.17, 15) is 27.2 Å². The Morgan fingerprint density at radius 1 is 0.947 bits per heavy atom. The zero-order valence-electron chi connectivity index (χ0n) is 20.3. The molecule has 2 N–H and O–H groups in total. The van der Waals surface area contributed by atoms with Gasteiger partial charge in [0.1, 0.15) is 18.2 Å². The average molecular weight is 529 g/mol. The molecular formula is C28H24F4N2O4. The molecule has 198 valence electrons. The van der Waals surface area contributed by atoms with Crippen LogP contribution in [0.15, 0.2) is 84.1 Å². The lowest BCUT2D eigenvalue weighted by molar-refractivity contribution is -0.140. The van der Waals surface area contributed by atoms with Crippen molar-refractivity contribution in [3.63, 3.8) is 0 Å². The Bertz CT molecular complexity index is 1370. The molecular weight excluding hydrogens is 504 g/mol. The highest BCUT2D eigenvalue weighted by atomic mass is 19.4. The minimum Gasteiger partial charge on any atom is -0.497 e. The number of hydrogen-bond acceptors (Lipinski definition) is 4. The number of hydrogen-bond donors (Lipinski definition) is 2. The summed E-state index contributed by atoms with van der Waals surface area (Å²) >= 11 is 0. The van der Waals surface area contributed by atoms with E-state index in [1.807, 2.05) is 18.2 Å². The van der Waals surface area contributed by atoms with Gasteiger partial charge in [0.15, 0.2) is 0 Å². The van der Waals surface area contributed by atoms with Gasteiger partial charge in [-0.15, -0.1) is 0 Å². The number of aryl methyl sites for hydroxylation is 1. The lowest BCUT2D eigenvalue weighted by Crippen LogP contribution is -2.46. The molecule has 1 heterocycles. The lowest BCUT2D eigenvalue weighted by Gasteiger charge is -2.29. The van der Waals surface area contributed by atoms with E-state index in [0.29, 0.717) is 17.7 Å². The van der Waals surface area contributed by atoms with E-state index < -0.39 is 42.2 Å². The molecule has 1 aliphatic rings. The van der Waals surface area contributed by atoms with Crippen LogP contribution in [-0.4, -0.2) is 19.1 Å². The van der Waals surface area contributed by atoms with Crippen molar-refractivity contribution in [2.75, 3.05) is 7.11 Å². The standard InChI is InChI=1S/C28H24F4N2O4/c1-37-22-10-3-5-17(14-22)11-12-23-24(25(34-27(36)33-23)19-7-4-9-21(29)15-19)26(35)38-16-18-6-2-8-20(13-18)28(30,31)32/h2-10,13-15,25H,11-12,16H2,1H3,(H2,33,34,36). The second kappa shape index (κ2) is 11.4. The van der Waals surface area contributed by atoms with Gasteiger partial charge in [-0.1, -0.05) is 36.4 Å². The molecule has 38 heavy (non-hydrogen) atoms. The molecule has 0 radical (unpaired) electrons. The van der Waals surface area contributed by atoms with Crippen LogP contribution in [0.25, 0.3) is 0 Å². The topological polar surface area (TPSA) is 76.7 Å². The summed E-state index contributed by atoms with van der Waals surface area (Å²) < 4.78 is 63.9. The summed E-state index contributed by atoms with van der Waals surface area (Å²) in [5, 5.41) is 5.26. The summed E-state index contributed by atoms with van der Waals surface area (Å²) in [4.78, 5) is 25.8. The van der Waals surface area contributed by atoms with Gasteiger partial charge in [-0.3, -0.25) is 0 Å². The second-order valence-corrected chi connectivity index (χ2v) is 8.60. The van der Waals surface area contributed by atoms with E-state index in [4.69, 9.17) is 9.47 Å². The first-order chi connectivity index (χ1) is 18.1. The van der Waals surface area contributed by atoms with Crippen LogP contribution in [0.5, 0.6) is 5.75 Å². The van der Waals surface area contributed by atoms with Crippen molar-refractivity contribution < 1.29 is 36.6 Å². The maximum atomic E-state index is 14.0. The third-order valence-corrected chi connectivity index (χ3v) is 5.98. The second-order valence-electron chi connectivity index (χ2n) is 8.60. The summed E-state index contributed by atoms with van der Waals surface area (Å²) in [6.07, 6.45) is -3.90. The van der Waals surface area contributed by atoms with E-state index in [1.54, 1.807) is 12.1 Å². The number of rotatable bonds is 8. The van der Waals surface area contributed by atoms with Crippen molar-refractivity contribution in [1.29, 1.82) is 0 Å². The van der Waals surface area contributed by atoms with Crippen molar-refractivity contribution in [2.24, 2.45) is 0 Å². The van der Waals surface area contributed by atoms with Gasteiger partial charge >= 0.3 is 18.2 Å². The fraction of sp³-hybridized carbons (Fsp3) is 0.214. The molecule has 0 spiro atoms. The fourth-order valence-corrected chi connectivity index (χ4v) is 4.15. The molecule has 3 aromatic rings. The highest BCUT2D eigenvalue weighted by Crippen LogP contribution is 2.32. The van der Waals surface area contributed by atoms with Crippen LogP contribution in [0.1, 0.15) is 34.7 Å². The Balaban J connectivity index is 1.64. The number of benzene rings is 3. The Kier molecular flexibility index (Phi) is 7.99. The molecule has 10 heteroatoms. The normalized spacial score (nSPS) is 15.5. The van der Waals surface area contributed by atoms with Gasteiger partial charge in [-0.2, -0.15) is 13.2 Å². The SMILES string of the molecule is COc1cccc(CCC2=C(C(=O)OCc3cccc(C(F)(F)F)c3)C(c3cccc(F)c3)NC(=O)N2)c1. The number of carbonyl (C=O) groups is 2. The van der Waals surface area contributed by atoms with Gasteiger partial charge in [-0.05, 0) is 65.9 Å². The summed E-state index contributed by atoms with van der Waals surface area (Å²) in [6.45, 7) is -0.431. The molecule has 0 fully saturated rings. The Morgan fingerprint density at radius 2 is 1.68 bits per heavy atom. The molecule has 0 saturated heterocycles. The number of methoxy groups -OCH3 is 1. The molecule has 0 aliphatic carbocycles. The first kappa shape index (κ1) is 26.7. The van der Waals surface area contributed by atoms with Crippen LogP contribution in [0.4, 0.5) is 22.4 Å². The van der Waals surface area contributed by atoms with Crippen molar-refractivity contribution in [3.05, 3.63) is 112 Å². The number of allylic oxidation sites excluding steroid dienone is 1. The number of carbonyl (C=O) groups excluding carboxylic acids is 2. The molecule has 1 unspecified atom stereocenters. The number of halogens is 4. The third kappa shape index (κ3) is 6.50. The van der Waals surface area contributed by atoms with Crippen molar-refractivity contribution in [3.8, 4) is 5.75 Å². The molecule has 0 bridgehead atoms. The summed E-state index contributed by atoms with van der Waals surface area (Å²) in [7, 11) is 1.54. The average Bonchev–Trinajstić information content (AvgIpc) is 2.90. The molecule has 0 saturated carbocycles. The van der Waals surface area contributed by atoms with Gasteiger partial charge in [0.25, 0.3) is 0 Å². The van der Waals surface area contributed by atoms with Crippen LogP contribution >= 0.6 is 0 Å². The number of amides is 2. The first-order valence-electron chi connectivity index (χ1n) is 11.7. The van der Waals surface area contributed by atoms with Crippen LogP contribution in [-0.2, 0) is 28.7 Å². The van der Waals surface area contributed by atoms with Crippen LogP contribution in [0.3, 0.4) is 0 Å². The molecule has 1 atom stereocenters. The summed E-state index contributed by atoms with van der Waals surface area (Å²) in [5.74, 6) is -0.779. The van der Waals surface area contributed by atoms with Crippen LogP contribution in [0.2, 0.25) is 0 Å². The Hall–Kier alpha value is -4.34. The minimum atomic E-state index is -4.55. The van der Waals surface area contributed by atoms with E-state index in [-0.39, 0.29) is 23.3 Å². The molecule has 0 aromatic heterocycles. The van der Waals surface area contributed by atoms with Crippen LogP contribution in [0, 0.1) is 5.82 Å². The smallest absolute Gasteiger partial charge is 0.416 e. The maximum absolute atomic E-state index is 14.0. The van der Waals surface area contributed by atoms with Crippen LogP contribution < -0.4 is 15.4 Å². The highest BCUT2D eigenvalue weighted by Gasteiger charge is 2.34. The van der Waals surface area contributed by atoms with Gasteiger partial charge in [-0.25, -0.2) is 14.0 Å². The highest BCUT2D eigenvalue weighted by molar-refractivity contribution is 5.95. The maximum Gasteiger partial charge on any atom is 0.416 e. The molecule has 2 amide bonds. The van der Waals surface area contributed by atoms with Crippen molar-refractivity contribution in [1.82, 2.24) is 10.6 Å². The van der Waals surface area contributed by atoms with E-state index >= 15 is 0 Å². The number of ether oxygens (including phenoxy) is 2. The zero-order chi connectivity index (χ0) is 27.3. The van der Waals surface area contributed by atoms with E-state index in [0.717, 1.165) is 17.7 Å². The quantitative estimate of drug-likeness (QED) is 0.285. The minimum absolute atomic E-state index is 0.0325. The number of esters is 1. The number of alkyl halides is 3. The molecule has 3 aromatic carbocycles. The van der Waals surface area contributed by atoms with Gasteiger partial charge in [0.2, 0.25) is 0 Å². The monoisotopic (exact) mass is 528 g/mol. The van der Waals surface area contributed by atoms with Crippen molar-refractivity contribution in [2.45, 2.75) is 31.7 Å². The van der Waals surface area contributed by atoms with E-state index in [2.05, 4.69) is 10.6 Å². The molecule has 4 rings (SSSR count). The molecule has 1 aliphatic heterocycles. The Morgan fingerprint density at radius 3 is 2.42 bits per heavy atom. The van der Waals surface area contributed by atoms with Crippen molar-refractivity contribution >= 4 is 12.0 Å². The van der Waals surface area contributed by atoms with Gasteiger partial charge in [0, 0.05) is 5.70 Å². The predicted octanol–water partition coefficient (Wildman–Crippen LogP) is 5.84. The number of nitrogens with one attached hydrogen (secondary N) is 2. The van der Waals surface area contributed by atoms with E-state index in [1.165, 1.54) is 37.4 Å². The number of urea groups is 1.